The molecule has 0 fully saturated rings. The Bertz CT molecular complexity index is 932. The predicted octanol–water partition coefficient (Wildman–Crippen LogP) is 4.88. The minimum Gasteiger partial charge on any atom is -0.495 e. The van der Waals surface area contributed by atoms with Gasteiger partial charge in [-0.3, -0.25) is 9.78 Å². The van der Waals surface area contributed by atoms with E-state index in [9.17, 15) is 9.18 Å². The number of pyridine rings is 1. The molecule has 0 spiro atoms. The zero-order valence-electron chi connectivity index (χ0n) is 13.8. The smallest absolute Gasteiger partial charge is 0.257 e. The van der Waals surface area contributed by atoms with Crippen molar-refractivity contribution in [1.82, 2.24) is 4.98 Å². The van der Waals surface area contributed by atoms with Crippen LogP contribution in [0.3, 0.4) is 0 Å². The molecule has 0 saturated heterocycles. The Hall–Kier alpha value is -3.12. The van der Waals surface area contributed by atoms with E-state index >= 15 is 0 Å². The fourth-order valence-corrected chi connectivity index (χ4v) is 2.48. The molecule has 0 aliphatic heterocycles. The van der Waals surface area contributed by atoms with Crippen molar-refractivity contribution in [3.8, 4) is 5.75 Å². The summed E-state index contributed by atoms with van der Waals surface area (Å²) in [5.41, 5.74) is 2.09. The average molecular weight is 372 g/mol. The molecule has 0 aliphatic rings. The lowest BCUT2D eigenvalue weighted by Gasteiger charge is -2.11. The number of nitrogens with one attached hydrogen (secondary N) is 2. The Labute approximate surface area is 154 Å². The summed E-state index contributed by atoms with van der Waals surface area (Å²) < 4.78 is 18.2. The number of anilines is 3. The number of hydrogen-bond acceptors (Lipinski definition) is 4. The van der Waals surface area contributed by atoms with E-state index in [1.807, 2.05) is 0 Å². The Morgan fingerprint density at radius 3 is 2.58 bits per heavy atom. The van der Waals surface area contributed by atoms with Crippen molar-refractivity contribution >= 4 is 34.6 Å². The third-order valence-electron chi connectivity index (χ3n) is 3.54. The third kappa shape index (κ3) is 4.29. The lowest BCUT2D eigenvalue weighted by molar-refractivity contribution is 0.102. The largest absolute Gasteiger partial charge is 0.495 e. The van der Waals surface area contributed by atoms with Crippen LogP contribution in [0.25, 0.3) is 0 Å². The van der Waals surface area contributed by atoms with Crippen LogP contribution < -0.4 is 15.4 Å². The van der Waals surface area contributed by atoms with E-state index in [0.717, 1.165) is 0 Å². The number of methoxy groups -OCH3 is 1. The Balaban J connectivity index is 1.78. The minimum absolute atomic E-state index is 0.322. The Kier molecular flexibility index (Phi) is 5.34. The van der Waals surface area contributed by atoms with Crippen LogP contribution in [0.5, 0.6) is 5.75 Å². The monoisotopic (exact) mass is 371 g/mol. The first kappa shape index (κ1) is 17.7. The van der Waals surface area contributed by atoms with E-state index in [1.165, 1.54) is 25.4 Å². The molecule has 0 saturated carbocycles. The summed E-state index contributed by atoms with van der Waals surface area (Å²) in [6.07, 6.45) is 3.02. The van der Waals surface area contributed by atoms with Gasteiger partial charge in [-0.2, -0.15) is 0 Å². The van der Waals surface area contributed by atoms with Crippen molar-refractivity contribution in [3.63, 3.8) is 0 Å². The van der Waals surface area contributed by atoms with Crippen molar-refractivity contribution in [3.05, 3.63) is 77.3 Å². The molecule has 1 heterocycles. The van der Waals surface area contributed by atoms with Gasteiger partial charge < -0.3 is 15.4 Å². The first-order chi connectivity index (χ1) is 12.5. The SMILES string of the molecule is COc1ccc(Cl)cc1NC(=O)c1cncc(Nc2ccc(F)cc2)c1. The molecule has 3 aromatic rings. The number of carbonyl (C=O) groups excluding carboxylic acids is 1. The molecule has 0 radical (unpaired) electrons. The summed E-state index contributed by atoms with van der Waals surface area (Å²) in [4.78, 5) is 16.6. The molecule has 0 atom stereocenters. The van der Waals surface area contributed by atoms with Gasteiger partial charge in [0.2, 0.25) is 0 Å². The fraction of sp³-hybridized carbons (Fsp3) is 0.0526. The van der Waals surface area contributed by atoms with Crippen LogP contribution in [0.4, 0.5) is 21.5 Å². The molecule has 1 amide bonds. The summed E-state index contributed by atoms with van der Waals surface area (Å²) in [6, 6.07) is 12.5. The maximum absolute atomic E-state index is 13.0. The quantitative estimate of drug-likeness (QED) is 0.671. The first-order valence-corrected chi connectivity index (χ1v) is 8.05. The number of nitrogens with zero attached hydrogens (tertiary/aromatic N) is 1. The van der Waals surface area contributed by atoms with Crippen molar-refractivity contribution in [2.24, 2.45) is 0 Å². The van der Waals surface area contributed by atoms with E-state index in [-0.39, 0.29) is 11.7 Å². The van der Waals surface area contributed by atoms with Gasteiger partial charge in [0.25, 0.3) is 5.91 Å². The molecule has 0 bridgehead atoms. The number of hydrogen-bond donors (Lipinski definition) is 2. The molecule has 0 unspecified atom stereocenters. The molecule has 1 aromatic heterocycles. The van der Waals surface area contributed by atoms with Crippen LogP contribution in [0.15, 0.2) is 60.9 Å². The highest BCUT2D eigenvalue weighted by Crippen LogP contribution is 2.28. The van der Waals surface area contributed by atoms with Gasteiger partial charge in [0.1, 0.15) is 11.6 Å². The van der Waals surface area contributed by atoms with Gasteiger partial charge in [0.05, 0.1) is 30.2 Å². The predicted molar refractivity (Wildman–Crippen MR) is 99.9 cm³/mol. The molecule has 0 aliphatic carbocycles. The third-order valence-corrected chi connectivity index (χ3v) is 3.78. The zero-order chi connectivity index (χ0) is 18.5. The van der Waals surface area contributed by atoms with E-state index < -0.39 is 0 Å². The van der Waals surface area contributed by atoms with Gasteiger partial charge in [0, 0.05) is 16.9 Å². The average Bonchev–Trinajstić information content (AvgIpc) is 2.64. The van der Waals surface area contributed by atoms with Crippen LogP contribution in [0.1, 0.15) is 10.4 Å². The van der Waals surface area contributed by atoms with E-state index in [1.54, 1.807) is 42.6 Å². The molecule has 7 heteroatoms. The van der Waals surface area contributed by atoms with Crippen molar-refractivity contribution in [2.45, 2.75) is 0 Å². The van der Waals surface area contributed by atoms with Crippen LogP contribution in [-0.4, -0.2) is 18.0 Å². The Morgan fingerprint density at radius 2 is 1.85 bits per heavy atom. The topological polar surface area (TPSA) is 63.2 Å². The number of halogens is 2. The molecule has 2 N–H and O–H groups in total. The number of rotatable bonds is 5. The molecule has 132 valence electrons. The summed E-state index contributed by atoms with van der Waals surface area (Å²) in [6.45, 7) is 0. The highest BCUT2D eigenvalue weighted by molar-refractivity contribution is 6.31. The highest BCUT2D eigenvalue weighted by Gasteiger charge is 2.11. The van der Waals surface area contributed by atoms with Crippen LogP contribution in [0, 0.1) is 5.82 Å². The van der Waals surface area contributed by atoms with Gasteiger partial charge in [-0.25, -0.2) is 4.39 Å². The fourth-order valence-electron chi connectivity index (χ4n) is 2.30. The standard InChI is InChI=1S/C19H15ClFN3O2/c1-26-18-7-2-13(20)9-17(18)24-19(25)12-8-16(11-22-10-12)23-15-5-3-14(21)4-6-15/h2-11,23H,1H3,(H,24,25). The number of aromatic nitrogens is 1. The number of amides is 1. The molecule has 2 aromatic carbocycles. The second-order valence-electron chi connectivity index (χ2n) is 5.39. The molecule has 3 rings (SSSR count). The van der Waals surface area contributed by atoms with Gasteiger partial charge in [-0.05, 0) is 48.5 Å². The summed E-state index contributed by atoms with van der Waals surface area (Å²) in [5.74, 6) is -0.186. The van der Waals surface area contributed by atoms with Crippen LogP contribution in [0.2, 0.25) is 5.02 Å². The summed E-state index contributed by atoms with van der Waals surface area (Å²) >= 11 is 5.97. The highest BCUT2D eigenvalue weighted by atomic mass is 35.5. The zero-order valence-corrected chi connectivity index (χ0v) is 14.5. The minimum atomic E-state index is -0.360. The number of ether oxygens (including phenoxy) is 1. The van der Waals surface area contributed by atoms with Crippen LogP contribution in [-0.2, 0) is 0 Å². The lowest BCUT2D eigenvalue weighted by atomic mass is 10.2. The van der Waals surface area contributed by atoms with E-state index in [2.05, 4.69) is 15.6 Å². The van der Waals surface area contributed by atoms with Crippen molar-refractivity contribution in [1.29, 1.82) is 0 Å². The lowest BCUT2D eigenvalue weighted by Crippen LogP contribution is -2.13. The first-order valence-electron chi connectivity index (χ1n) is 7.67. The van der Waals surface area contributed by atoms with Gasteiger partial charge in [0.15, 0.2) is 0 Å². The van der Waals surface area contributed by atoms with E-state index in [0.29, 0.717) is 33.4 Å². The van der Waals surface area contributed by atoms with Gasteiger partial charge >= 0.3 is 0 Å². The molecular formula is C19H15ClFN3O2. The van der Waals surface area contributed by atoms with Gasteiger partial charge in [-0.1, -0.05) is 11.6 Å². The normalized spacial score (nSPS) is 10.3. The molecule has 5 nitrogen and oxygen atoms in total. The summed E-state index contributed by atoms with van der Waals surface area (Å²) in [7, 11) is 1.51. The Morgan fingerprint density at radius 1 is 1.08 bits per heavy atom. The van der Waals surface area contributed by atoms with Crippen LogP contribution >= 0.6 is 11.6 Å². The molecule has 26 heavy (non-hydrogen) atoms. The van der Waals surface area contributed by atoms with Crippen molar-refractivity contribution < 1.29 is 13.9 Å². The molecular weight excluding hydrogens is 357 g/mol. The number of carbonyl (C=O) groups is 1. The maximum Gasteiger partial charge on any atom is 0.257 e. The van der Waals surface area contributed by atoms with E-state index in [4.69, 9.17) is 16.3 Å². The summed E-state index contributed by atoms with van der Waals surface area (Å²) in [5, 5.41) is 6.30. The maximum atomic E-state index is 13.0. The van der Waals surface area contributed by atoms with Crippen molar-refractivity contribution in [2.75, 3.05) is 17.7 Å². The van der Waals surface area contributed by atoms with Gasteiger partial charge in [-0.15, -0.1) is 0 Å². The second-order valence-corrected chi connectivity index (χ2v) is 5.83. The second kappa shape index (κ2) is 7.84. The number of benzene rings is 2.